The number of rotatable bonds is 8. The molecule has 0 atom stereocenters. The highest BCUT2D eigenvalue weighted by Crippen LogP contribution is 2.27. The van der Waals surface area contributed by atoms with Gasteiger partial charge in [0.15, 0.2) is 0 Å². The van der Waals surface area contributed by atoms with Gasteiger partial charge in [-0.05, 0) is 37.2 Å². The normalized spacial score (nSPS) is 14.3. The second kappa shape index (κ2) is 11.1. The van der Waals surface area contributed by atoms with Gasteiger partial charge in [0.2, 0.25) is 0 Å². The number of piperidine rings is 1. The van der Waals surface area contributed by atoms with Gasteiger partial charge >= 0.3 is 0 Å². The second-order valence-corrected chi connectivity index (χ2v) is 8.36. The van der Waals surface area contributed by atoms with Gasteiger partial charge in [0.1, 0.15) is 5.75 Å². The molecule has 33 heavy (non-hydrogen) atoms. The summed E-state index contributed by atoms with van der Waals surface area (Å²) in [7, 11) is 0. The molecule has 172 valence electrons. The van der Waals surface area contributed by atoms with Crippen molar-refractivity contribution in [2.24, 2.45) is 5.10 Å². The third-order valence-corrected chi connectivity index (χ3v) is 6.05. The van der Waals surface area contributed by atoms with Crippen LogP contribution in [0.25, 0.3) is 22.2 Å². The van der Waals surface area contributed by atoms with Gasteiger partial charge in [-0.25, -0.2) is 10.4 Å². The van der Waals surface area contributed by atoms with E-state index in [9.17, 15) is 4.79 Å². The molecule has 0 unspecified atom stereocenters. The van der Waals surface area contributed by atoms with E-state index in [-0.39, 0.29) is 5.91 Å². The molecule has 0 saturated carbocycles. The number of unbranched alkanes of at least 4 members (excludes halogenated alkanes) is 1. The largest absolute Gasteiger partial charge is 0.494 e. The molecule has 1 fully saturated rings. The van der Waals surface area contributed by atoms with Crippen molar-refractivity contribution in [1.82, 2.24) is 15.3 Å². The SMILES string of the molecule is CCCCOc1cccc(-c2cc(C(=O)NN=C3CCN(CC)CC3)c3ccccc3n2)c1. The third-order valence-electron chi connectivity index (χ3n) is 6.05. The Balaban J connectivity index is 1.60. The first kappa shape index (κ1) is 22.9. The molecule has 2 heterocycles. The average molecular weight is 445 g/mol. The number of likely N-dealkylation sites (tertiary alicyclic amines) is 1. The van der Waals surface area contributed by atoms with E-state index in [2.05, 4.69) is 29.3 Å². The van der Waals surface area contributed by atoms with E-state index in [0.717, 1.165) is 78.9 Å². The number of carbonyl (C=O) groups excluding carboxylic acids is 1. The van der Waals surface area contributed by atoms with Gasteiger partial charge in [-0.15, -0.1) is 0 Å². The fourth-order valence-electron chi connectivity index (χ4n) is 4.02. The molecule has 0 spiro atoms. The van der Waals surface area contributed by atoms with Crippen LogP contribution in [0.2, 0.25) is 0 Å². The van der Waals surface area contributed by atoms with Crippen molar-refractivity contribution in [3.8, 4) is 17.0 Å². The van der Waals surface area contributed by atoms with Crippen molar-refractivity contribution in [2.45, 2.75) is 39.5 Å². The summed E-state index contributed by atoms with van der Waals surface area (Å²) < 4.78 is 5.87. The summed E-state index contributed by atoms with van der Waals surface area (Å²) in [5, 5.41) is 5.26. The highest BCUT2D eigenvalue weighted by Gasteiger charge is 2.16. The summed E-state index contributed by atoms with van der Waals surface area (Å²) >= 11 is 0. The van der Waals surface area contributed by atoms with Gasteiger partial charge in [-0.1, -0.05) is 50.6 Å². The van der Waals surface area contributed by atoms with Crippen LogP contribution in [0, 0.1) is 0 Å². The zero-order chi connectivity index (χ0) is 23.0. The van der Waals surface area contributed by atoms with Gasteiger partial charge in [-0.2, -0.15) is 5.10 Å². The number of amides is 1. The molecule has 4 rings (SSSR count). The molecule has 6 nitrogen and oxygen atoms in total. The van der Waals surface area contributed by atoms with Crippen LogP contribution in [0.1, 0.15) is 49.9 Å². The molecule has 2 aromatic carbocycles. The zero-order valence-corrected chi connectivity index (χ0v) is 19.5. The Morgan fingerprint density at radius 1 is 1.09 bits per heavy atom. The van der Waals surface area contributed by atoms with Gasteiger partial charge in [0, 0.05) is 42.6 Å². The van der Waals surface area contributed by atoms with Crippen LogP contribution in [0.3, 0.4) is 0 Å². The van der Waals surface area contributed by atoms with E-state index < -0.39 is 0 Å². The molecule has 1 aromatic heterocycles. The Morgan fingerprint density at radius 3 is 2.70 bits per heavy atom. The van der Waals surface area contributed by atoms with Gasteiger partial charge in [-0.3, -0.25) is 4.79 Å². The van der Waals surface area contributed by atoms with Crippen molar-refractivity contribution < 1.29 is 9.53 Å². The smallest absolute Gasteiger partial charge is 0.272 e. The summed E-state index contributed by atoms with van der Waals surface area (Å²) in [5.74, 6) is 0.599. The van der Waals surface area contributed by atoms with Crippen LogP contribution in [0.15, 0.2) is 59.7 Å². The summed E-state index contributed by atoms with van der Waals surface area (Å²) in [5.41, 5.74) is 6.85. The lowest BCUT2D eigenvalue weighted by Gasteiger charge is -2.25. The Morgan fingerprint density at radius 2 is 1.91 bits per heavy atom. The van der Waals surface area contributed by atoms with Crippen LogP contribution < -0.4 is 10.2 Å². The number of aromatic nitrogens is 1. The average Bonchev–Trinajstić information content (AvgIpc) is 2.87. The number of benzene rings is 2. The molecular weight excluding hydrogens is 412 g/mol. The molecule has 0 radical (unpaired) electrons. The summed E-state index contributed by atoms with van der Waals surface area (Å²) in [6.45, 7) is 8.03. The standard InChI is InChI=1S/C27H32N4O2/c1-3-5-17-33-22-10-8-9-20(18-22)26-19-24(23-11-6-7-12-25(23)28-26)27(32)30-29-21-13-15-31(4-2)16-14-21/h6-12,18-19H,3-5,13-17H2,1-2H3,(H,30,32). The number of hydrazone groups is 1. The number of hydrogen-bond acceptors (Lipinski definition) is 5. The molecule has 1 saturated heterocycles. The van der Waals surface area contributed by atoms with Crippen molar-refractivity contribution >= 4 is 22.5 Å². The van der Waals surface area contributed by atoms with E-state index in [1.807, 2.05) is 54.6 Å². The quantitative estimate of drug-likeness (QED) is 0.379. The van der Waals surface area contributed by atoms with E-state index in [4.69, 9.17) is 9.72 Å². The minimum atomic E-state index is -0.212. The van der Waals surface area contributed by atoms with Gasteiger partial charge < -0.3 is 9.64 Å². The monoisotopic (exact) mass is 444 g/mol. The Bertz CT molecular complexity index is 1130. The van der Waals surface area contributed by atoms with E-state index in [1.165, 1.54) is 0 Å². The Hall–Kier alpha value is -3.25. The number of para-hydroxylation sites is 1. The minimum Gasteiger partial charge on any atom is -0.494 e. The Labute approximate surface area is 195 Å². The number of nitrogens with zero attached hydrogens (tertiary/aromatic N) is 3. The molecular formula is C27H32N4O2. The molecule has 3 aromatic rings. The van der Waals surface area contributed by atoms with Gasteiger partial charge in [0.05, 0.1) is 23.4 Å². The number of hydrogen-bond donors (Lipinski definition) is 1. The molecule has 1 amide bonds. The van der Waals surface area contributed by atoms with Crippen LogP contribution >= 0.6 is 0 Å². The lowest BCUT2D eigenvalue weighted by atomic mass is 10.0. The minimum absolute atomic E-state index is 0.212. The number of carbonyl (C=O) groups is 1. The van der Waals surface area contributed by atoms with Crippen molar-refractivity contribution in [1.29, 1.82) is 0 Å². The lowest BCUT2D eigenvalue weighted by Crippen LogP contribution is -2.34. The van der Waals surface area contributed by atoms with Gasteiger partial charge in [0.25, 0.3) is 5.91 Å². The second-order valence-electron chi connectivity index (χ2n) is 8.36. The maximum atomic E-state index is 13.2. The fourth-order valence-corrected chi connectivity index (χ4v) is 4.02. The van der Waals surface area contributed by atoms with Crippen LogP contribution in [-0.2, 0) is 0 Å². The van der Waals surface area contributed by atoms with Crippen molar-refractivity contribution in [2.75, 3.05) is 26.2 Å². The maximum absolute atomic E-state index is 13.2. The molecule has 1 aliphatic rings. The summed E-state index contributed by atoms with van der Waals surface area (Å²) in [6, 6.07) is 17.5. The van der Waals surface area contributed by atoms with Crippen LogP contribution in [-0.4, -0.2) is 47.7 Å². The number of pyridine rings is 1. The van der Waals surface area contributed by atoms with E-state index in [0.29, 0.717) is 12.2 Å². The zero-order valence-electron chi connectivity index (χ0n) is 19.5. The lowest BCUT2D eigenvalue weighted by molar-refractivity contribution is 0.0956. The highest BCUT2D eigenvalue weighted by atomic mass is 16.5. The molecule has 0 bridgehead atoms. The first-order valence-electron chi connectivity index (χ1n) is 11.9. The predicted molar refractivity (Wildman–Crippen MR) is 134 cm³/mol. The van der Waals surface area contributed by atoms with Crippen molar-refractivity contribution in [3.63, 3.8) is 0 Å². The molecule has 1 aliphatic heterocycles. The first-order chi connectivity index (χ1) is 16.2. The predicted octanol–water partition coefficient (Wildman–Crippen LogP) is 5.28. The van der Waals surface area contributed by atoms with Crippen LogP contribution in [0.4, 0.5) is 0 Å². The van der Waals surface area contributed by atoms with Crippen molar-refractivity contribution in [3.05, 3.63) is 60.2 Å². The van der Waals surface area contributed by atoms with E-state index >= 15 is 0 Å². The fraction of sp³-hybridized carbons (Fsp3) is 0.370. The molecule has 6 heteroatoms. The van der Waals surface area contributed by atoms with E-state index in [1.54, 1.807) is 0 Å². The number of fused-ring (bicyclic) bond motifs is 1. The summed E-state index contributed by atoms with van der Waals surface area (Å²) in [4.78, 5) is 20.4. The highest BCUT2D eigenvalue weighted by molar-refractivity contribution is 6.07. The third kappa shape index (κ3) is 5.76. The molecule has 1 N–H and O–H groups in total. The topological polar surface area (TPSA) is 66.8 Å². The molecule has 0 aliphatic carbocycles. The Kier molecular flexibility index (Phi) is 7.68. The summed E-state index contributed by atoms with van der Waals surface area (Å²) in [6.07, 6.45) is 3.88. The number of nitrogens with one attached hydrogen (secondary N) is 1. The maximum Gasteiger partial charge on any atom is 0.272 e. The number of ether oxygens (including phenoxy) is 1. The van der Waals surface area contributed by atoms with Crippen LogP contribution in [0.5, 0.6) is 5.75 Å². The first-order valence-corrected chi connectivity index (χ1v) is 11.9.